The van der Waals surface area contributed by atoms with Gasteiger partial charge in [0.25, 0.3) is 0 Å². The minimum absolute atomic E-state index is 0.0174. The van der Waals surface area contributed by atoms with Crippen LogP contribution in [0.1, 0.15) is 28.4 Å². The summed E-state index contributed by atoms with van der Waals surface area (Å²) in [5.41, 5.74) is 4.89. The fourth-order valence-corrected chi connectivity index (χ4v) is 4.21. The number of nitrogens with zero attached hydrogens (tertiary/aromatic N) is 3. The number of ketones is 1. The summed E-state index contributed by atoms with van der Waals surface area (Å²) in [5, 5.41) is 13.3. The molecule has 0 radical (unpaired) electrons. The molecule has 4 aromatic rings. The van der Waals surface area contributed by atoms with Gasteiger partial charge in [-0.25, -0.2) is 4.98 Å². The third kappa shape index (κ3) is 3.65. The van der Waals surface area contributed by atoms with Gasteiger partial charge in [-0.2, -0.15) is 5.26 Å². The number of nitriles is 1. The molecule has 1 amide bonds. The molecule has 2 aromatic carbocycles. The van der Waals surface area contributed by atoms with Crippen LogP contribution >= 0.6 is 11.8 Å². The summed E-state index contributed by atoms with van der Waals surface area (Å²) in [6.07, 6.45) is 0. The molecule has 0 saturated carbocycles. The first-order chi connectivity index (χ1) is 14.5. The second kappa shape index (κ2) is 8.01. The lowest BCUT2D eigenvalue weighted by molar-refractivity contribution is -0.113. The van der Waals surface area contributed by atoms with E-state index in [1.807, 2.05) is 41.7 Å². The topological polar surface area (TPSA) is 87.3 Å². The molecule has 0 aliphatic rings. The Labute approximate surface area is 177 Å². The van der Waals surface area contributed by atoms with Crippen molar-refractivity contribution in [2.24, 2.45) is 0 Å². The number of rotatable bonds is 5. The number of hydrogen-bond donors (Lipinski definition) is 1. The SMILES string of the molecule is CC(=O)c1ccc(NC(=O)CSc2cc(C)c(C#N)c3nc4ccccc4n23)cc1. The maximum atomic E-state index is 12.5. The molecule has 0 bridgehead atoms. The van der Waals surface area contributed by atoms with E-state index in [1.165, 1.54) is 18.7 Å². The summed E-state index contributed by atoms with van der Waals surface area (Å²) >= 11 is 1.39. The van der Waals surface area contributed by atoms with Crippen LogP contribution in [0.2, 0.25) is 0 Å². The van der Waals surface area contributed by atoms with Crippen molar-refractivity contribution in [1.29, 1.82) is 5.26 Å². The van der Waals surface area contributed by atoms with Crippen molar-refractivity contribution >= 4 is 45.8 Å². The van der Waals surface area contributed by atoms with E-state index >= 15 is 0 Å². The van der Waals surface area contributed by atoms with Gasteiger partial charge < -0.3 is 5.32 Å². The zero-order chi connectivity index (χ0) is 21.3. The van der Waals surface area contributed by atoms with Crippen molar-refractivity contribution in [2.45, 2.75) is 18.9 Å². The van der Waals surface area contributed by atoms with E-state index in [-0.39, 0.29) is 17.4 Å². The number of carbonyl (C=O) groups excluding carboxylic acids is 2. The van der Waals surface area contributed by atoms with Crippen molar-refractivity contribution in [2.75, 3.05) is 11.1 Å². The van der Waals surface area contributed by atoms with Gasteiger partial charge in [-0.1, -0.05) is 23.9 Å². The monoisotopic (exact) mass is 414 g/mol. The number of carbonyl (C=O) groups is 2. The molecule has 148 valence electrons. The third-order valence-electron chi connectivity index (χ3n) is 4.78. The fourth-order valence-electron chi connectivity index (χ4n) is 3.28. The van der Waals surface area contributed by atoms with E-state index < -0.39 is 0 Å². The molecule has 30 heavy (non-hydrogen) atoms. The van der Waals surface area contributed by atoms with Gasteiger partial charge in [-0.3, -0.25) is 14.0 Å². The minimum atomic E-state index is -0.157. The van der Waals surface area contributed by atoms with E-state index in [2.05, 4.69) is 16.4 Å². The minimum Gasteiger partial charge on any atom is -0.325 e. The highest BCUT2D eigenvalue weighted by Crippen LogP contribution is 2.29. The number of benzene rings is 2. The molecule has 6 nitrogen and oxygen atoms in total. The Balaban J connectivity index is 1.60. The summed E-state index contributed by atoms with van der Waals surface area (Å²) in [6.45, 7) is 3.38. The first-order valence-corrected chi connectivity index (χ1v) is 10.3. The van der Waals surface area contributed by atoms with Crippen molar-refractivity contribution in [1.82, 2.24) is 9.38 Å². The molecule has 0 atom stereocenters. The highest BCUT2D eigenvalue weighted by Gasteiger charge is 2.16. The molecule has 0 saturated heterocycles. The number of anilines is 1. The number of hydrogen-bond acceptors (Lipinski definition) is 5. The summed E-state index contributed by atoms with van der Waals surface area (Å²) in [5.74, 6) is 0.0212. The Hall–Kier alpha value is -3.63. The number of nitrogens with one attached hydrogen (secondary N) is 1. The molecule has 0 aliphatic carbocycles. The van der Waals surface area contributed by atoms with Crippen LogP contribution in [0.3, 0.4) is 0 Å². The Bertz CT molecular complexity index is 1330. The molecular formula is C23H18N4O2S. The molecule has 4 rings (SSSR count). The molecule has 2 heterocycles. The first kappa shape index (κ1) is 19.7. The number of fused-ring (bicyclic) bond motifs is 3. The fraction of sp³-hybridized carbons (Fsp3) is 0.130. The summed E-state index contributed by atoms with van der Waals surface area (Å²) in [4.78, 5) is 28.5. The van der Waals surface area contributed by atoms with Gasteiger partial charge in [0.2, 0.25) is 5.91 Å². The number of aryl methyl sites for hydroxylation is 1. The Morgan fingerprint density at radius 3 is 2.60 bits per heavy atom. The number of imidazole rings is 1. The lowest BCUT2D eigenvalue weighted by Crippen LogP contribution is -2.14. The van der Waals surface area contributed by atoms with Gasteiger partial charge >= 0.3 is 0 Å². The maximum absolute atomic E-state index is 12.5. The quantitative estimate of drug-likeness (QED) is 0.381. The van der Waals surface area contributed by atoms with Gasteiger partial charge in [-0.05, 0) is 61.9 Å². The number of aromatic nitrogens is 2. The number of Topliss-reactive ketones (excluding diaryl/α,β-unsaturated/α-hetero) is 1. The average molecular weight is 414 g/mol. The van der Waals surface area contributed by atoms with Crippen LogP contribution in [0.15, 0.2) is 59.6 Å². The average Bonchev–Trinajstić information content (AvgIpc) is 3.12. The predicted octanol–water partition coefficient (Wildman–Crippen LogP) is 4.60. The highest BCUT2D eigenvalue weighted by atomic mass is 32.2. The van der Waals surface area contributed by atoms with E-state index in [4.69, 9.17) is 0 Å². The van der Waals surface area contributed by atoms with Crippen molar-refractivity contribution in [3.8, 4) is 6.07 Å². The summed E-state index contributed by atoms with van der Waals surface area (Å²) in [6, 6.07) is 18.7. The molecule has 0 aliphatic heterocycles. The highest BCUT2D eigenvalue weighted by molar-refractivity contribution is 7.99. The molecule has 0 fully saturated rings. The molecule has 7 heteroatoms. The Morgan fingerprint density at radius 2 is 1.90 bits per heavy atom. The lowest BCUT2D eigenvalue weighted by atomic mass is 10.1. The van der Waals surface area contributed by atoms with Crippen molar-refractivity contribution < 1.29 is 9.59 Å². The van der Waals surface area contributed by atoms with Crippen LogP contribution in [-0.2, 0) is 4.79 Å². The molecular weight excluding hydrogens is 396 g/mol. The lowest BCUT2D eigenvalue weighted by Gasteiger charge is -2.10. The van der Waals surface area contributed by atoms with E-state index in [0.717, 1.165) is 21.6 Å². The van der Waals surface area contributed by atoms with E-state index in [0.29, 0.717) is 22.5 Å². The second-order valence-electron chi connectivity index (χ2n) is 6.88. The normalized spacial score (nSPS) is 10.8. The zero-order valence-corrected chi connectivity index (χ0v) is 17.3. The van der Waals surface area contributed by atoms with Crippen molar-refractivity contribution in [3.63, 3.8) is 0 Å². The van der Waals surface area contributed by atoms with Crippen LogP contribution in [-0.4, -0.2) is 26.8 Å². The Morgan fingerprint density at radius 1 is 1.17 bits per heavy atom. The second-order valence-corrected chi connectivity index (χ2v) is 7.88. The summed E-state index contributed by atoms with van der Waals surface area (Å²) < 4.78 is 1.93. The zero-order valence-electron chi connectivity index (χ0n) is 16.5. The number of thioether (sulfide) groups is 1. The molecule has 0 unspecified atom stereocenters. The van der Waals surface area contributed by atoms with E-state index in [1.54, 1.807) is 24.3 Å². The van der Waals surface area contributed by atoms with E-state index in [9.17, 15) is 14.9 Å². The molecule has 2 aromatic heterocycles. The van der Waals surface area contributed by atoms with Gasteiger partial charge in [0.05, 0.1) is 27.4 Å². The van der Waals surface area contributed by atoms with Crippen LogP contribution in [0, 0.1) is 18.3 Å². The standard InChI is InChI=1S/C23H18N4O2S/c1-14-11-22(27-20-6-4-3-5-19(20)26-23(27)18(14)12-24)30-13-21(29)25-17-9-7-16(8-10-17)15(2)28/h3-11H,13H2,1-2H3,(H,25,29). The largest absolute Gasteiger partial charge is 0.325 e. The summed E-state index contributed by atoms with van der Waals surface area (Å²) in [7, 11) is 0. The Kier molecular flexibility index (Phi) is 5.25. The number of pyridine rings is 1. The van der Waals surface area contributed by atoms with Gasteiger partial charge in [-0.15, -0.1) is 0 Å². The van der Waals surface area contributed by atoms with Crippen LogP contribution in [0.5, 0.6) is 0 Å². The van der Waals surface area contributed by atoms with Gasteiger partial charge in [0.1, 0.15) is 6.07 Å². The van der Waals surface area contributed by atoms with Crippen LogP contribution in [0.4, 0.5) is 5.69 Å². The maximum Gasteiger partial charge on any atom is 0.234 e. The third-order valence-corrected chi connectivity index (χ3v) is 5.78. The molecule has 0 spiro atoms. The number of amides is 1. The van der Waals surface area contributed by atoms with Crippen LogP contribution in [0.25, 0.3) is 16.7 Å². The van der Waals surface area contributed by atoms with Crippen LogP contribution < -0.4 is 5.32 Å². The van der Waals surface area contributed by atoms with Crippen molar-refractivity contribution in [3.05, 3.63) is 71.3 Å². The molecule has 1 N–H and O–H groups in total. The smallest absolute Gasteiger partial charge is 0.234 e. The number of para-hydroxylation sites is 2. The predicted molar refractivity (Wildman–Crippen MR) is 118 cm³/mol. The van der Waals surface area contributed by atoms with Gasteiger partial charge in [0.15, 0.2) is 11.4 Å². The first-order valence-electron chi connectivity index (χ1n) is 9.32. The van der Waals surface area contributed by atoms with Gasteiger partial charge in [0, 0.05) is 11.3 Å².